The lowest BCUT2D eigenvalue weighted by Crippen LogP contribution is -2.30. The maximum atomic E-state index is 13.8. The number of aromatic nitrogens is 2. The Bertz CT molecular complexity index is 1670. The van der Waals surface area contributed by atoms with E-state index in [1.807, 2.05) is 42.5 Å². The number of hydrogen-bond acceptors (Lipinski definition) is 5. The van der Waals surface area contributed by atoms with Crippen LogP contribution in [-0.2, 0) is 20.7 Å². The molecule has 3 aromatic carbocycles. The summed E-state index contributed by atoms with van der Waals surface area (Å²) in [5, 5.41) is 9.50. The molecule has 3 atom stereocenters. The van der Waals surface area contributed by atoms with Gasteiger partial charge in [-0.25, -0.2) is 9.37 Å². The molecule has 0 saturated carbocycles. The molecule has 1 aromatic heterocycles. The van der Waals surface area contributed by atoms with E-state index in [0.717, 1.165) is 23.3 Å². The van der Waals surface area contributed by atoms with Crippen molar-refractivity contribution in [2.24, 2.45) is 0 Å². The van der Waals surface area contributed by atoms with Gasteiger partial charge in [0.1, 0.15) is 29.1 Å². The number of carboxylic acid groups (broad SMARTS) is 1. The maximum Gasteiger partial charge on any atom is 0.303 e. The Morgan fingerprint density at radius 2 is 1.86 bits per heavy atom. The van der Waals surface area contributed by atoms with Crippen LogP contribution in [0, 0.1) is 5.82 Å². The van der Waals surface area contributed by atoms with Crippen molar-refractivity contribution in [3.63, 3.8) is 0 Å². The molecule has 42 heavy (non-hydrogen) atoms. The van der Waals surface area contributed by atoms with Crippen LogP contribution in [0.15, 0.2) is 89.4 Å². The predicted octanol–water partition coefficient (Wildman–Crippen LogP) is 6.88. The molecule has 0 saturated heterocycles. The first-order valence-corrected chi connectivity index (χ1v) is 14.3. The minimum Gasteiger partial charge on any atom is -0.488 e. The minimum atomic E-state index is -0.866. The Kier molecular flexibility index (Phi) is 8.54. The Morgan fingerprint density at radius 3 is 2.52 bits per heavy atom. The monoisotopic (exact) mass is 570 g/mol. The molecule has 2 heterocycles. The fourth-order valence-electron chi connectivity index (χ4n) is 5.66. The van der Waals surface area contributed by atoms with Gasteiger partial charge in [-0.15, -0.1) is 0 Å². The molecule has 1 unspecified atom stereocenters. The summed E-state index contributed by atoms with van der Waals surface area (Å²) in [5.74, 6) is -0.126. The highest BCUT2D eigenvalue weighted by Gasteiger charge is 2.43. The summed E-state index contributed by atoms with van der Waals surface area (Å²) in [6.45, 7) is 4.17. The molecule has 1 N–H and O–H groups in total. The van der Waals surface area contributed by atoms with Gasteiger partial charge >= 0.3 is 5.97 Å². The molecular weight excluding hydrogens is 535 g/mol. The number of aliphatic carboxylic acids is 1. The van der Waals surface area contributed by atoms with Crippen LogP contribution in [-0.4, -0.2) is 33.3 Å². The highest BCUT2D eigenvalue weighted by atomic mass is 19.1. The molecule has 0 radical (unpaired) electrons. The van der Waals surface area contributed by atoms with Crippen molar-refractivity contribution in [3.05, 3.63) is 118 Å². The van der Waals surface area contributed by atoms with Crippen molar-refractivity contribution in [2.75, 3.05) is 7.11 Å². The summed E-state index contributed by atoms with van der Waals surface area (Å²) in [6, 6.07) is 21.3. The van der Waals surface area contributed by atoms with Crippen LogP contribution < -0.4 is 5.56 Å². The third-order valence-electron chi connectivity index (χ3n) is 8.09. The number of carbonyl (C=O) groups is 1. The van der Waals surface area contributed by atoms with E-state index in [1.165, 1.54) is 16.7 Å². The Morgan fingerprint density at radius 1 is 1.12 bits per heavy atom. The van der Waals surface area contributed by atoms with Crippen LogP contribution in [0.2, 0.25) is 0 Å². The lowest BCUT2D eigenvalue weighted by atomic mass is 9.82. The molecule has 4 aromatic rings. The van der Waals surface area contributed by atoms with Gasteiger partial charge in [0.2, 0.25) is 0 Å². The normalized spacial score (nSPS) is 19.0. The standard InChI is InChI=1S/C34H35FN2O5/c1-4-34(2)27(21-29(42-34)32(41-3)22-10-6-5-7-11-22)23-14-19-26-28(20-23)36-30(12-8-9-13-31(38)39)37(33(26)40)25-17-15-24(35)16-18-25/h5-7,10-11,14-21,27,32H,4,8-9,12-13H2,1-3H3,(H,38,39)/t27?,32-,34+/m0/s1. The number of aryl methyl sites for hydroxylation is 1. The first-order chi connectivity index (χ1) is 20.2. The number of ether oxygens (including phenoxy) is 2. The first kappa shape index (κ1) is 29.2. The average Bonchev–Trinajstić information content (AvgIpc) is 3.34. The number of fused-ring (bicyclic) bond motifs is 1. The van der Waals surface area contributed by atoms with Gasteiger partial charge in [-0.1, -0.05) is 43.3 Å². The number of rotatable bonds is 11. The third-order valence-corrected chi connectivity index (χ3v) is 8.09. The zero-order valence-corrected chi connectivity index (χ0v) is 24.0. The van der Waals surface area contributed by atoms with E-state index < -0.39 is 17.4 Å². The van der Waals surface area contributed by atoms with E-state index in [9.17, 15) is 14.0 Å². The lowest BCUT2D eigenvalue weighted by Gasteiger charge is -2.31. The largest absolute Gasteiger partial charge is 0.488 e. The third kappa shape index (κ3) is 5.85. The van der Waals surface area contributed by atoms with E-state index in [4.69, 9.17) is 19.6 Å². The van der Waals surface area contributed by atoms with Gasteiger partial charge < -0.3 is 14.6 Å². The highest BCUT2D eigenvalue weighted by Crippen LogP contribution is 2.47. The van der Waals surface area contributed by atoms with E-state index in [1.54, 1.807) is 25.3 Å². The second kappa shape index (κ2) is 12.3. The number of nitrogens with zero attached hydrogens (tertiary/aromatic N) is 2. The zero-order chi connectivity index (χ0) is 29.9. The molecule has 8 heteroatoms. The summed E-state index contributed by atoms with van der Waals surface area (Å²) in [6.07, 6.45) is 3.94. The molecule has 0 amide bonds. The lowest BCUT2D eigenvalue weighted by molar-refractivity contribution is -0.137. The van der Waals surface area contributed by atoms with Crippen molar-refractivity contribution < 1.29 is 23.8 Å². The molecule has 0 bridgehead atoms. The van der Waals surface area contributed by atoms with Crippen molar-refractivity contribution in [1.82, 2.24) is 9.55 Å². The van der Waals surface area contributed by atoms with Gasteiger partial charge in [-0.3, -0.25) is 14.2 Å². The Labute approximate surface area is 244 Å². The van der Waals surface area contributed by atoms with Gasteiger partial charge in [0.15, 0.2) is 0 Å². The SMILES string of the molecule is CC[C@@]1(C)OC([C@@H](OC)c2ccccc2)=CC1c1ccc2c(=O)n(-c3ccc(F)cc3)c(CCCCC(=O)O)nc2c1. The summed E-state index contributed by atoms with van der Waals surface area (Å²) >= 11 is 0. The zero-order valence-electron chi connectivity index (χ0n) is 24.0. The van der Waals surface area contributed by atoms with E-state index in [2.05, 4.69) is 19.9 Å². The van der Waals surface area contributed by atoms with Crippen molar-refractivity contribution in [2.45, 2.75) is 63.6 Å². The number of methoxy groups -OCH3 is 1. The smallest absolute Gasteiger partial charge is 0.303 e. The number of benzene rings is 3. The van der Waals surface area contributed by atoms with Crippen molar-refractivity contribution >= 4 is 16.9 Å². The van der Waals surface area contributed by atoms with Gasteiger partial charge in [0.25, 0.3) is 5.56 Å². The van der Waals surface area contributed by atoms with E-state index in [0.29, 0.717) is 41.7 Å². The fourth-order valence-corrected chi connectivity index (χ4v) is 5.66. The van der Waals surface area contributed by atoms with Gasteiger partial charge in [0, 0.05) is 25.9 Å². The van der Waals surface area contributed by atoms with Crippen molar-refractivity contribution in [1.29, 1.82) is 0 Å². The van der Waals surface area contributed by atoms with Gasteiger partial charge in [-0.2, -0.15) is 0 Å². The van der Waals surface area contributed by atoms with Crippen molar-refractivity contribution in [3.8, 4) is 5.69 Å². The second-order valence-corrected chi connectivity index (χ2v) is 10.9. The number of halogens is 1. The Balaban J connectivity index is 1.57. The topological polar surface area (TPSA) is 90.7 Å². The summed E-state index contributed by atoms with van der Waals surface area (Å²) in [5.41, 5.74) is 2.24. The molecule has 5 rings (SSSR count). The van der Waals surface area contributed by atoms with Crippen LogP contribution >= 0.6 is 0 Å². The Hall–Kier alpha value is -4.30. The van der Waals surface area contributed by atoms with E-state index in [-0.39, 0.29) is 24.0 Å². The van der Waals surface area contributed by atoms with Gasteiger partial charge in [0.05, 0.1) is 16.6 Å². The fraction of sp³-hybridized carbons (Fsp3) is 0.324. The van der Waals surface area contributed by atoms with Gasteiger partial charge in [-0.05, 0) is 79.8 Å². The number of hydrogen-bond donors (Lipinski definition) is 1. The second-order valence-electron chi connectivity index (χ2n) is 10.9. The number of carboxylic acids is 1. The minimum absolute atomic E-state index is 0.0376. The number of unbranched alkanes of at least 4 members (excludes halogenated alkanes) is 1. The summed E-state index contributed by atoms with van der Waals surface area (Å²) < 4.78 is 27.6. The summed E-state index contributed by atoms with van der Waals surface area (Å²) in [4.78, 5) is 29.8. The molecule has 0 fully saturated rings. The highest BCUT2D eigenvalue weighted by molar-refractivity contribution is 5.79. The molecule has 1 aliphatic rings. The predicted molar refractivity (Wildman–Crippen MR) is 159 cm³/mol. The van der Waals surface area contributed by atoms with Crippen LogP contribution in [0.4, 0.5) is 4.39 Å². The molecule has 0 aliphatic carbocycles. The average molecular weight is 571 g/mol. The molecular formula is C34H35FN2O5. The molecule has 1 aliphatic heterocycles. The van der Waals surface area contributed by atoms with Crippen LogP contribution in [0.5, 0.6) is 0 Å². The molecule has 218 valence electrons. The molecule has 0 spiro atoms. The quantitative estimate of drug-likeness (QED) is 0.198. The molecule has 7 nitrogen and oxygen atoms in total. The van der Waals surface area contributed by atoms with E-state index >= 15 is 0 Å². The maximum absolute atomic E-state index is 13.8. The first-order valence-electron chi connectivity index (χ1n) is 14.3. The van der Waals surface area contributed by atoms with Crippen LogP contribution in [0.25, 0.3) is 16.6 Å². The summed E-state index contributed by atoms with van der Waals surface area (Å²) in [7, 11) is 1.67. The van der Waals surface area contributed by atoms with Crippen LogP contribution in [0.1, 0.15) is 68.5 Å². The van der Waals surface area contributed by atoms with Crippen LogP contribution in [0.3, 0.4) is 0 Å².